The fourth-order valence-corrected chi connectivity index (χ4v) is 2.25. The number of hydrogen-bond acceptors (Lipinski definition) is 2. The van der Waals surface area contributed by atoms with Crippen LogP contribution >= 0.6 is 0 Å². The van der Waals surface area contributed by atoms with Gasteiger partial charge in [0.1, 0.15) is 5.82 Å². The first-order valence-electron chi connectivity index (χ1n) is 6.13. The highest BCUT2D eigenvalue weighted by molar-refractivity contribution is 5.87. The van der Waals surface area contributed by atoms with Crippen LogP contribution in [0.5, 0.6) is 0 Å². The number of aromatic carboxylic acids is 1. The van der Waals surface area contributed by atoms with Crippen molar-refractivity contribution < 1.29 is 14.3 Å². The Morgan fingerprint density at radius 1 is 1.42 bits per heavy atom. The van der Waals surface area contributed by atoms with Crippen LogP contribution in [0.25, 0.3) is 11.3 Å². The molecular formula is C14H13FN2O2. The van der Waals surface area contributed by atoms with Crippen molar-refractivity contribution in [1.82, 2.24) is 9.78 Å². The molecule has 1 fully saturated rings. The summed E-state index contributed by atoms with van der Waals surface area (Å²) in [5, 5.41) is 12.8. The van der Waals surface area contributed by atoms with E-state index < -0.39 is 5.97 Å². The number of carboxylic acid groups (broad SMARTS) is 1. The number of carbonyl (C=O) groups is 1. The van der Waals surface area contributed by atoms with Gasteiger partial charge in [-0.3, -0.25) is 4.68 Å². The molecule has 19 heavy (non-hydrogen) atoms. The molecule has 0 unspecified atom stereocenters. The van der Waals surface area contributed by atoms with E-state index in [0.29, 0.717) is 17.2 Å². The smallest absolute Gasteiger partial charge is 0.356 e. The highest BCUT2D eigenvalue weighted by Crippen LogP contribution is 2.41. The molecule has 1 heterocycles. The second kappa shape index (κ2) is 4.19. The summed E-state index contributed by atoms with van der Waals surface area (Å²) >= 11 is 0. The second-order valence-corrected chi connectivity index (χ2v) is 4.85. The summed E-state index contributed by atoms with van der Waals surface area (Å²) < 4.78 is 15.4. The molecule has 0 spiro atoms. The Labute approximate surface area is 109 Å². The quantitative estimate of drug-likeness (QED) is 0.923. The maximum Gasteiger partial charge on any atom is 0.356 e. The summed E-state index contributed by atoms with van der Waals surface area (Å²) in [6.45, 7) is 0. The van der Waals surface area contributed by atoms with Gasteiger partial charge in [-0.2, -0.15) is 5.10 Å². The molecule has 98 valence electrons. The van der Waals surface area contributed by atoms with Crippen LogP contribution in [-0.2, 0) is 7.05 Å². The zero-order valence-electron chi connectivity index (χ0n) is 10.4. The average molecular weight is 260 g/mol. The number of nitrogens with zero attached hydrogens (tertiary/aromatic N) is 2. The molecule has 1 N–H and O–H groups in total. The van der Waals surface area contributed by atoms with Gasteiger partial charge in [-0.1, -0.05) is 12.1 Å². The Kier molecular flexibility index (Phi) is 2.62. The Bertz CT molecular complexity index is 659. The van der Waals surface area contributed by atoms with Crippen LogP contribution in [0.2, 0.25) is 0 Å². The predicted octanol–water partition coefficient (Wildman–Crippen LogP) is 2.80. The first kappa shape index (κ1) is 11.9. The number of aromatic nitrogens is 2. The van der Waals surface area contributed by atoms with Crippen molar-refractivity contribution in [3.05, 3.63) is 41.3 Å². The van der Waals surface area contributed by atoms with Crippen LogP contribution in [0.1, 0.15) is 34.8 Å². The lowest BCUT2D eigenvalue weighted by molar-refractivity contribution is 0.0689. The van der Waals surface area contributed by atoms with E-state index in [1.54, 1.807) is 13.1 Å². The lowest BCUT2D eigenvalue weighted by Gasteiger charge is -2.05. The number of halogens is 1. The minimum Gasteiger partial charge on any atom is -0.476 e. The van der Waals surface area contributed by atoms with E-state index in [2.05, 4.69) is 5.10 Å². The van der Waals surface area contributed by atoms with Crippen LogP contribution in [0, 0.1) is 5.82 Å². The van der Waals surface area contributed by atoms with Gasteiger partial charge in [0.25, 0.3) is 0 Å². The van der Waals surface area contributed by atoms with Crippen molar-refractivity contribution in [2.45, 2.75) is 18.8 Å². The van der Waals surface area contributed by atoms with Crippen molar-refractivity contribution in [1.29, 1.82) is 0 Å². The largest absolute Gasteiger partial charge is 0.476 e. The number of benzene rings is 1. The summed E-state index contributed by atoms with van der Waals surface area (Å²) in [5.74, 6) is -0.954. The van der Waals surface area contributed by atoms with Crippen molar-refractivity contribution in [2.24, 2.45) is 7.05 Å². The van der Waals surface area contributed by atoms with Crippen LogP contribution in [-0.4, -0.2) is 20.9 Å². The molecule has 0 atom stereocenters. The molecule has 0 amide bonds. The number of rotatable bonds is 3. The molecule has 0 radical (unpaired) electrons. The van der Waals surface area contributed by atoms with Gasteiger partial charge in [0.05, 0.1) is 5.69 Å². The van der Waals surface area contributed by atoms with Crippen LogP contribution < -0.4 is 0 Å². The molecule has 1 saturated carbocycles. The molecule has 0 bridgehead atoms. The van der Waals surface area contributed by atoms with E-state index in [0.717, 1.165) is 18.4 Å². The summed E-state index contributed by atoms with van der Waals surface area (Å²) in [5.41, 5.74) is 1.96. The van der Waals surface area contributed by atoms with E-state index in [1.807, 2.05) is 6.07 Å². The second-order valence-electron chi connectivity index (χ2n) is 4.85. The number of aryl methyl sites for hydroxylation is 1. The lowest BCUT2D eigenvalue weighted by atomic mass is 10.0. The molecule has 0 saturated heterocycles. The van der Waals surface area contributed by atoms with Gasteiger partial charge < -0.3 is 5.11 Å². The van der Waals surface area contributed by atoms with Crippen molar-refractivity contribution in [3.63, 3.8) is 0 Å². The van der Waals surface area contributed by atoms with Crippen molar-refractivity contribution >= 4 is 5.97 Å². The normalized spacial score (nSPS) is 14.6. The third kappa shape index (κ3) is 2.12. The predicted molar refractivity (Wildman–Crippen MR) is 67.5 cm³/mol. The summed E-state index contributed by atoms with van der Waals surface area (Å²) in [6, 6.07) is 6.51. The summed E-state index contributed by atoms with van der Waals surface area (Å²) in [7, 11) is 1.65. The zero-order chi connectivity index (χ0) is 13.6. The average Bonchev–Trinajstić information content (AvgIpc) is 3.11. The topological polar surface area (TPSA) is 55.1 Å². The fraction of sp³-hybridized carbons (Fsp3) is 0.286. The fourth-order valence-electron chi connectivity index (χ4n) is 2.25. The third-order valence-corrected chi connectivity index (χ3v) is 3.41. The molecule has 0 aliphatic heterocycles. The minimum atomic E-state index is -1.09. The highest BCUT2D eigenvalue weighted by Gasteiger charge is 2.26. The van der Waals surface area contributed by atoms with Gasteiger partial charge in [-0.05, 0) is 36.5 Å². The van der Waals surface area contributed by atoms with Gasteiger partial charge in [-0.15, -0.1) is 0 Å². The molecule has 1 aromatic carbocycles. The minimum absolute atomic E-state index is 0.0378. The third-order valence-electron chi connectivity index (χ3n) is 3.41. The van der Waals surface area contributed by atoms with E-state index in [1.165, 1.54) is 16.8 Å². The summed E-state index contributed by atoms with van der Waals surface area (Å²) in [6.07, 6.45) is 2.09. The first-order valence-corrected chi connectivity index (χ1v) is 6.13. The van der Waals surface area contributed by atoms with Gasteiger partial charge in [0, 0.05) is 12.6 Å². The zero-order valence-corrected chi connectivity index (χ0v) is 10.4. The number of hydrogen-bond donors (Lipinski definition) is 1. The Morgan fingerprint density at radius 2 is 2.16 bits per heavy atom. The molecule has 3 rings (SSSR count). The Hall–Kier alpha value is -2.17. The van der Waals surface area contributed by atoms with Gasteiger partial charge in [0.15, 0.2) is 5.69 Å². The molecular weight excluding hydrogens is 247 g/mol. The SMILES string of the molecule is Cn1nc(C(=O)O)cc1-c1ccc(C2CC2)c(F)c1. The lowest BCUT2D eigenvalue weighted by Crippen LogP contribution is -1.99. The Morgan fingerprint density at radius 3 is 2.68 bits per heavy atom. The first-order chi connectivity index (χ1) is 9.06. The van der Waals surface area contributed by atoms with E-state index in [9.17, 15) is 9.18 Å². The molecule has 1 aromatic heterocycles. The highest BCUT2D eigenvalue weighted by atomic mass is 19.1. The van der Waals surface area contributed by atoms with Gasteiger partial charge >= 0.3 is 5.97 Å². The Balaban J connectivity index is 2.02. The molecule has 4 nitrogen and oxygen atoms in total. The molecule has 1 aliphatic rings. The van der Waals surface area contributed by atoms with Gasteiger partial charge in [0.2, 0.25) is 0 Å². The van der Waals surface area contributed by atoms with Crippen LogP contribution in [0.4, 0.5) is 4.39 Å². The van der Waals surface area contributed by atoms with Crippen molar-refractivity contribution in [2.75, 3.05) is 0 Å². The maximum atomic E-state index is 14.0. The molecule has 1 aliphatic carbocycles. The van der Waals surface area contributed by atoms with E-state index in [4.69, 9.17) is 5.11 Å². The van der Waals surface area contributed by atoms with Crippen molar-refractivity contribution in [3.8, 4) is 11.3 Å². The van der Waals surface area contributed by atoms with E-state index >= 15 is 0 Å². The molecule has 2 aromatic rings. The monoisotopic (exact) mass is 260 g/mol. The van der Waals surface area contributed by atoms with Crippen LogP contribution in [0.15, 0.2) is 24.3 Å². The number of carboxylic acids is 1. The van der Waals surface area contributed by atoms with E-state index in [-0.39, 0.29) is 11.5 Å². The summed E-state index contributed by atoms with van der Waals surface area (Å²) in [4.78, 5) is 10.9. The molecule has 5 heteroatoms. The van der Waals surface area contributed by atoms with Crippen LogP contribution in [0.3, 0.4) is 0 Å². The van der Waals surface area contributed by atoms with Gasteiger partial charge in [-0.25, -0.2) is 9.18 Å². The maximum absolute atomic E-state index is 14.0. The standard InChI is InChI=1S/C14H13FN2O2/c1-17-13(7-12(16-17)14(18)19)9-4-5-10(8-2-3-8)11(15)6-9/h4-8H,2-3H2,1H3,(H,18,19).